The van der Waals surface area contributed by atoms with Crippen molar-refractivity contribution in [2.75, 3.05) is 0 Å². The van der Waals surface area contributed by atoms with Gasteiger partial charge in [-0.15, -0.1) is 11.3 Å². The molecule has 0 unspecified atom stereocenters. The molecule has 2 heteroatoms. The van der Waals surface area contributed by atoms with Crippen molar-refractivity contribution in [3.63, 3.8) is 0 Å². The van der Waals surface area contributed by atoms with Crippen LogP contribution in [0.4, 0.5) is 0 Å². The van der Waals surface area contributed by atoms with Crippen LogP contribution in [0.1, 0.15) is 30.7 Å². The molecule has 0 atom stereocenters. The van der Waals surface area contributed by atoms with E-state index in [-0.39, 0.29) is 5.41 Å². The smallest absolute Gasteiger partial charge is 0.0363 e. The molecule has 3 rings (SSSR count). The monoisotopic (exact) mass is 292 g/mol. The summed E-state index contributed by atoms with van der Waals surface area (Å²) in [5, 5.41) is 1.41. The van der Waals surface area contributed by atoms with E-state index in [0.717, 1.165) is 6.42 Å². The lowest BCUT2D eigenvalue weighted by Crippen LogP contribution is -2.18. The van der Waals surface area contributed by atoms with Crippen LogP contribution in [0.25, 0.3) is 16.2 Å². The first kappa shape index (κ1) is 10.5. The van der Waals surface area contributed by atoms with Gasteiger partial charge in [0.1, 0.15) is 0 Å². The molecular formula is C14H13BrS. The number of benzene rings is 1. The fourth-order valence-electron chi connectivity index (χ4n) is 2.48. The Morgan fingerprint density at radius 2 is 2.12 bits per heavy atom. The summed E-state index contributed by atoms with van der Waals surface area (Å²) in [6, 6.07) is 6.47. The molecule has 2 aromatic rings. The van der Waals surface area contributed by atoms with E-state index in [2.05, 4.69) is 60.1 Å². The van der Waals surface area contributed by atoms with E-state index in [1.54, 1.807) is 0 Å². The lowest BCUT2D eigenvalue weighted by molar-refractivity contribution is 0.536. The molecule has 0 N–H and O–H groups in total. The van der Waals surface area contributed by atoms with E-state index in [1.807, 2.05) is 11.3 Å². The summed E-state index contributed by atoms with van der Waals surface area (Å²) in [7, 11) is 0. The van der Waals surface area contributed by atoms with Crippen LogP contribution in [-0.2, 0) is 5.41 Å². The SMILES string of the molecule is CC1(C)CC=Cc2sc3cccc(Br)c3c21. The summed E-state index contributed by atoms with van der Waals surface area (Å²) in [4.78, 5) is 1.43. The Hall–Kier alpha value is -0.600. The Balaban J connectivity index is 2.47. The Kier molecular flexibility index (Phi) is 2.27. The summed E-state index contributed by atoms with van der Waals surface area (Å²) in [5.74, 6) is 0. The maximum Gasteiger partial charge on any atom is 0.0363 e. The van der Waals surface area contributed by atoms with Crippen LogP contribution in [0.3, 0.4) is 0 Å². The van der Waals surface area contributed by atoms with Gasteiger partial charge < -0.3 is 0 Å². The largest absolute Gasteiger partial charge is 0.135 e. The highest BCUT2D eigenvalue weighted by Crippen LogP contribution is 2.46. The van der Waals surface area contributed by atoms with Gasteiger partial charge in [0, 0.05) is 19.4 Å². The molecule has 1 aromatic carbocycles. The van der Waals surface area contributed by atoms with Crippen molar-refractivity contribution in [3.05, 3.63) is 39.2 Å². The molecule has 0 saturated heterocycles. The van der Waals surface area contributed by atoms with Gasteiger partial charge in [0.15, 0.2) is 0 Å². The van der Waals surface area contributed by atoms with Crippen molar-refractivity contribution < 1.29 is 0 Å². The molecule has 0 fully saturated rings. The maximum absolute atomic E-state index is 3.69. The molecule has 0 radical (unpaired) electrons. The van der Waals surface area contributed by atoms with Gasteiger partial charge in [0.05, 0.1) is 0 Å². The van der Waals surface area contributed by atoms with Gasteiger partial charge in [0.25, 0.3) is 0 Å². The summed E-state index contributed by atoms with van der Waals surface area (Å²) in [5.41, 5.74) is 1.77. The van der Waals surface area contributed by atoms with E-state index >= 15 is 0 Å². The molecule has 0 aliphatic heterocycles. The number of hydrogen-bond acceptors (Lipinski definition) is 1. The fourth-order valence-corrected chi connectivity index (χ4v) is 4.51. The number of halogens is 1. The topological polar surface area (TPSA) is 0 Å². The van der Waals surface area contributed by atoms with Crippen LogP contribution in [0.2, 0.25) is 0 Å². The van der Waals surface area contributed by atoms with E-state index in [1.165, 1.54) is 25.0 Å². The number of rotatable bonds is 0. The third kappa shape index (κ3) is 1.40. The van der Waals surface area contributed by atoms with Gasteiger partial charge in [-0.3, -0.25) is 0 Å². The molecule has 1 heterocycles. The third-order valence-corrected chi connectivity index (χ3v) is 5.05. The van der Waals surface area contributed by atoms with Crippen LogP contribution in [0.15, 0.2) is 28.7 Å². The zero-order valence-electron chi connectivity index (χ0n) is 9.38. The Morgan fingerprint density at radius 3 is 2.94 bits per heavy atom. The van der Waals surface area contributed by atoms with Gasteiger partial charge in [0.2, 0.25) is 0 Å². The van der Waals surface area contributed by atoms with Crippen molar-refractivity contribution in [2.45, 2.75) is 25.7 Å². The second-order valence-corrected chi connectivity index (χ2v) is 6.88. The lowest BCUT2D eigenvalue weighted by Gasteiger charge is -2.27. The van der Waals surface area contributed by atoms with Crippen molar-refractivity contribution in [2.24, 2.45) is 0 Å². The van der Waals surface area contributed by atoms with E-state index in [4.69, 9.17) is 0 Å². The molecule has 1 aliphatic rings. The first-order valence-corrected chi connectivity index (χ1v) is 7.08. The normalized spacial score (nSPS) is 17.7. The van der Waals surface area contributed by atoms with Crippen LogP contribution >= 0.6 is 27.3 Å². The maximum atomic E-state index is 3.69. The van der Waals surface area contributed by atoms with Gasteiger partial charge >= 0.3 is 0 Å². The molecule has 0 saturated carbocycles. The second kappa shape index (κ2) is 3.44. The molecule has 0 nitrogen and oxygen atoms in total. The van der Waals surface area contributed by atoms with E-state index in [9.17, 15) is 0 Å². The molecule has 0 amide bonds. The standard InChI is InChI=1S/C14H13BrS/c1-14(2)8-4-7-11-13(14)12-9(15)5-3-6-10(12)16-11/h3-7H,8H2,1-2H3. The molecule has 1 aromatic heterocycles. The Bertz CT molecular complexity index is 590. The summed E-state index contributed by atoms with van der Waals surface area (Å²) in [6.07, 6.45) is 5.70. The first-order valence-electron chi connectivity index (χ1n) is 5.48. The minimum absolute atomic E-state index is 0.256. The number of fused-ring (bicyclic) bond motifs is 3. The molecule has 1 aliphatic carbocycles. The quantitative estimate of drug-likeness (QED) is 0.613. The average molecular weight is 293 g/mol. The Morgan fingerprint density at radius 1 is 1.31 bits per heavy atom. The van der Waals surface area contributed by atoms with Crippen molar-refractivity contribution in [1.82, 2.24) is 0 Å². The highest BCUT2D eigenvalue weighted by molar-refractivity contribution is 9.10. The fraction of sp³-hybridized carbons (Fsp3) is 0.286. The summed E-state index contributed by atoms with van der Waals surface area (Å²) in [6.45, 7) is 4.67. The Labute approximate surface area is 108 Å². The molecular weight excluding hydrogens is 280 g/mol. The minimum Gasteiger partial charge on any atom is -0.135 e. The average Bonchev–Trinajstić information content (AvgIpc) is 2.58. The molecule has 82 valence electrons. The first-order chi connectivity index (χ1) is 7.59. The van der Waals surface area contributed by atoms with Gasteiger partial charge in [-0.2, -0.15) is 0 Å². The second-order valence-electron chi connectivity index (χ2n) is 4.94. The zero-order valence-corrected chi connectivity index (χ0v) is 11.8. The van der Waals surface area contributed by atoms with Crippen molar-refractivity contribution in [3.8, 4) is 0 Å². The molecule has 0 bridgehead atoms. The van der Waals surface area contributed by atoms with Crippen LogP contribution < -0.4 is 0 Å². The predicted molar refractivity (Wildman–Crippen MR) is 76.2 cm³/mol. The predicted octanol–water partition coefficient (Wildman–Crippen LogP) is 5.36. The van der Waals surface area contributed by atoms with Crippen molar-refractivity contribution in [1.29, 1.82) is 0 Å². The number of allylic oxidation sites excluding steroid dienone is 1. The van der Waals surface area contributed by atoms with E-state index in [0.29, 0.717) is 0 Å². The summed E-state index contributed by atoms with van der Waals surface area (Å²) < 4.78 is 2.62. The van der Waals surface area contributed by atoms with Crippen LogP contribution in [-0.4, -0.2) is 0 Å². The summed E-state index contributed by atoms with van der Waals surface area (Å²) >= 11 is 5.59. The van der Waals surface area contributed by atoms with Crippen LogP contribution in [0, 0.1) is 0 Å². The third-order valence-electron chi connectivity index (χ3n) is 3.27. The highest BCUT2D eigenvalue weighted by Gasteiger charge is 2.29. The van der Waals surface area contributed by atoms with Crippen LogP contribution in [0.5, 0.6) is 0 Å². The highest BCUT2D eigenvalue weighted by atomic mass is 79.9. The van der Waals surface area contributed by atoms with Crippen molar-refractivity contribution >= 4 is 43.4 Å². The van der Waals surface area contributed by atoms with E-state index < -0.39 is 0 Å². The zero-order chi connectivity index (χ0) is 11.3. The molecule has 16 heavy (non-hydrogen) atoms. The number of thiophene rings is 1. The minimum atomic E-state index is 0.256. The lowest BCUT2D eigenvalue weighted by atomic mass is 9.77. The van der Waals surface area contributed by atoms with Gasteiger partial charge in [-0.05, 0) is 35.6 Å². The van der Waals surface area contributed by atoms with Gasteiger partial charge in [-0.1, -0.05) is 41.9 Å². The number of hydrogen-bond donors (Lipinski definition) is 0. The molecule has 0 spiro atoms. The van der Waals surface area contributed by atoms with Gasteiger partial charge in [-0.25, -0.2) is 0 Å².